The number of hydrogen-bond acceptors (Lipinski definition) is 5. The fraction of sp³-hybridized carbons (Fsp3) is 0.600. The number of alkyl halides is 3. The number of aliphatic hydroxyl groups is 1. The lowest BCUT2D eigenvalue weighted by Crippen LogP contribution is -2.47. The zero-order valence-electron chi connectivity index (χ0n) is 16.7. The largest absolute Gasteiger partial charge is 0.416 e. The van der Waals surface area contributed by atoms with Crippen LogP contribution >= 0.6 is 0 Å². The number of carbonyl (C=O) groups is 2. The van der Waals surface area contributed by atoms with E-state index in [4.69, 9.17) is 4.74 Å². The van der Waals surface area contributed by atoms with Crippen molar-refractivity contribution >= 4 is 11.8 Å². The van der Waals surface area contributed by atoms with Crippen molar-refractivity contribution in [1.29, 1.82) is 0 Å². The molecule has 0 aromatic heterocycles. The summed E-state index contributed by atoms with van der Waals surface area (Å²) in [5.74, 6) is -0.524. The second-order valence-electron chi connectivity index (χ2n) is 7.68. The number of rotatable bonds is 4. The van der Waals surface area contributed by atoms with Crippen LogP contribution in [0.5, 0.6) is 0 Å². The van der Waals surface area contributed by atoms with Gasteiger partial charge in [-0.25, -0.2) is 0 Å². The maximum atomic E-state index is 12.6. The van der Waals surface area contributed by atoms with Gasteiger partial charge in [-0.15, -0.1) is 0 Å². The first-order chi connectivity index (χ1) is 14.1. The minimum absolute atomic E-state index is 0.0417. The maximum absolute atomic E-state index is 12.6. The fourth-order valence-electron chi connectivity index (χ4n) is 3.76. The molecule has 0 radical (unpaired) electrons. The average molecular weight is 429 g/mol. The molecule has 2 aliphatic heterocycles. The highest BCUT2D eigenvalue weighted by Crippen LogP contribution is 2.29. The molecule has 30 heavy (non-hydrogen) atoms. The van der Waals surface area contributed by atoms with E-state index in [1.807, 2.05) is 0 Å². The molecule has 0 saturated carbocycles. The Morgan fingerprint density at radius 3 is 2.50 bits per heavy atom. The zero-order chi connectivity index (χ0) is 21.9. The number of halogens is 3. The van der Waals surface area contributed by atoms with E-state index in [1.165, 1.54) is 0 Å². The first-order valence-corrected chi connectivity index (χ1v) is 9.91. The van der Waals surface area contributed by atoms with Gasteiger partial charge in [0.05, 0.1) is 24.3 Å². The second kappa shape index (κ2) is 9.32. The van der Waals surface area contributed by atoms with Crippen LogP contribution in [0.3, 0.4) is 0 Å². The summed E-state index contributed by atoms with van der Waals surface area (Å²) in [6.45, 7) is 4.90. The molecule has 1 aromatic carbocycles. The number of amides is 2. The minimum Gasteiger partial charge on any atom is -0.388 e. The first-order valence-electron chi connectivity index (χ1n) is 9.91. The van der Waals surface area contributed by atoms with Gasteiger partial charge in [0.1, 0.15) is 6.10 Å². The summed E-state index contributed by atoms with van der Waals surface area (Å²) in [5.41, 5.74) is -0.750. The average Bonchev–Trinajstić information content (AvgIpc) is 2.89. The van der Waals surface area contributed by atoms with Crippen LogP contribution in [0.1, 0.15) is 29.3 Å². The molecule has 1 aromatic rings. The molecule has 2 heterocycles. The lowest BCUT2D eigenvalue weighted by Gasteiger charge is -2.26. The molecule has 2 fully saturated rings. The Labute approximate surface area is 172 Å². The van der Waals surface area contributed by atoms with E-state index in [-0.39, 0.29) is 18.1 Å². The zero-order valence-corrected chi connectivity index (χ0v) is 16.7. The Kier molecular flexibility index (Phi) is 6.99. The van der Waals surface area contributed by atoms with E-state index >= 15 is 0 Å². The highest BCUT2D eigenvalue weighted by molar-refractivity contribution is 5.94. The standard InChI is InChI=1S/C20H26F3N3O4/c1-13(27)26-8-2-7-25(9-10-26)11-17-18(28)16(12-30-17)24-19(29)14-3-5-15(6-4-14)20(21,22)23/h3-6,16-18,28H,2,7-12H2,1H3,(H,24,29). The maximum Gasteiger partial charge on any atom is 0.416 e. The molecule has 0 aliphatic carbocycles. The van der Waals surface area contributed by atoms with E-state index in [2.05, 4.69) is 10.2 Å². The predicted octanol–water partition coefficient (Wildman–Crippen LogP) is 1.12. The van der Waals surface area contributed by atoms with Gasteiger partial charge in [0.15, 0.2) is 0 Å². The third-order valence-corrected chi connectivity index (χ3v) is 5.55. The molecular formula is C20H26F3N3O4. The number of carbonyl (C=O) groups excluding carboxylic acids is 2. The van der Waals surface area contributed by atoms with Crippen LogP contribution in [-0.4, -0.2) is 84.3 Å². The molecule has 2 aliphatic rings. The smallest absolute Gasteiger partial charge is 0.388 e. The molecule has 7 nitrogen and oxygen atoms in total. The fourth-order valence-corrected chi connectivity index (χ4v) is 3.76. The molecule has 166 valence electrons. The molecule has 0 bridgehead atoms. The monoisotopic (exact) mass is 429 g/mol. The topological polar surface area (TPSA) is 82.1 Å². The number of nitrogens with zero attached hydrogens (tertiary/aromatic N) is 2. The summed E-state index contributed by atoms with van der Waals surface area (Å²) in [4.78, 5) is 27.8. The van der Waals surface area contributed by atoms with E-state index in [0.717, 1.165) is 37.2 Å². The molecule has 2 saturated heterocycles. The van der Waals surface area contributed by atoms with Crippen molar-refractivity contribution in [1.82, 2.24) is 15.1 Å². The Balaban J connectivity index is 1.52. The van der Waals surface area contributed by atoms with Crippen LogP contribution in [0.25, 0.3) is 0 Å². The summed E-state index contributed by atoms with van der Waals surface area (Å²) >= 11 is 0. The Bertz CT molecular complexity index is 757. The predicted molar refractivity (Wildman–Crippen MR) is 102 cm³/mol. The molecule has 10 heteroatoms. The van der Waals surface area contributed by atoms with Crippen molar-refractivity contribution < 1.29 is 32.6 Å². The normalized spacial score (nSPS) is 25.8. The lowest BCUT2D eigenvalue weighted by molar-refractivity contribution is -0.137. The van der Waals surface area contributed by atoms with Crippen LogP contribution in [0.2, 0.25) is 0 Å². The van der Waals surface area contributed by atoms with Gasteiger partial charge in [0.25, 0.3) is 5.91 Å². The Morgan fingerprint density at radius 1 is 1.17 bits per heavy atom. The summed E-state index contributed by atoms with van der Waals surface area (Å²) in [6, 6.07) is 3.27. The second-order valence-corrected chi connectivity index (χ2v) is 7.68. The van der Waals surface area contributed by atoms with Crippen molar-refractivity contribution in [2.45, 2.75) is 37.8 Å². The SMILES string of the molecule is CC(=O)N1CCCN(CC2OCC(NC(=O)c3ccc(C(F)(F)F)cc3)C2O)CC1. The van der Waals surface area contributed by atoms with Gasteiger partial charge in [-0.1, -0.05) is 0 Å². The van der Waals surface area contributed by atoms with Crippen LogP contribution in [0.15, 0.2) is 24.3 Å². The van der Waals surface area contributed by atoms with Crippen LogP contribution in [-0.2, 0) is 15.7 Å². The quantitative estimate of drug-likeness (QED) is 0.750. The van der Waals surface area contributed by atoms with Crippen molar-refractivity contribution in [2.75, 3.05) is 39.3 Å². The number of aliphatic hydroxyl groups excluding tert-OH is 1. The molecule has 0 spiro atoms. The van der Waals surface area contributed by atoms with Gasteiger partial charge in [-0.05, 0) is 37.2 Å². The molecular weight excluding hydrogens is 403 g/mol. The van der Waals surface area contributed by atoms with Crippen LogP contribution in [0.4, 0.5) is 13.2 Å². The van der Waals surface area contributed by atoms with Gasteiger partial charge in [-0.2, -0.15) is 13.2 Å². The first kappa shape index (κ1) is 22.5. The summed E-state index contributed by atoms with van der Waals surface area (Å²) in [6.07, 6.45) is -5.06. The third-order valence-electron chi connectivity index (χ3n) is 5.55. The summed E-state index contributed by atoms with van der Waals surface area (Å²) in [7, 11) is 0. The minimum atomic E-state index is -4.47. The van der Waals surface area contributed by atoms with E-state index in [1.54, 1.807) is 11.8 Å². The van der Waals surface area contributed by atoms with Crippen molar-refractivity contribution in [3.63, 3.8) is 0 Å². The van der Waals surface area contributed by atoms with Gasteiger partial charge in [0, 0.05) is 38.7 Å². The van der Waals surface area contributed by atoms with Gasteiger partial charge in [-0.3, -0.25) is 14.5 Å². The molecule has 2 N–H and O–H groups in total. The van der Waals surface area contributed by atoms with Crippen molar-refractivity contribution in [2.24, 2.45) is 0 Å². The number of nitrogens with one attached hydrogen (secondary N) is 1. The van der Waals surface area contributed by atoms with Crippen LogP contribution < -0.4 is 5.32 Å². The van der Waals surface area contributed by atoms with Crippen molar-refractivity contribution in [3.8, 4) is 0 Å². The van der Waals surface area contributed by atoms with Gasteiger partial charge >= 0.3 is 6.18 Å². The number of ether oxygens (including phenoxy) is 1. The van der Waals surface area contributed by atoms with Gasteiger partial charge in [0.2, 0.25) is 5.91 Å². The molecule has 3 atom stereocenters. The molecule has 3 unspecified atom stereocenters. The summed E-state index contributed by atoms with van der Waals surface area (Å²) < 4.78 is 43.6. The number of hydrogen-bond donors (Lipinski definition) is 2. The van der Waals surface area contributed by atoms with Gasteiger partial charge < -0.3 is 20.1 Å². The summed E-state index contributed by atoms with van der Waals surface area (Å²) in [5, 5.41) is 13.2. The van der Waals surface area contributed by atoms with Crippen LogP contribution in [0, 0.1) is 0 Å². The highest BCUT2D eigenvalue weighted by atomic mass is 19.4. The van der Waals surface area contributed by atoms with E-state index < -0.39 is 35.9 Å². The Morgan fingerprint density at radius 2 is 1.87 bits per heavy atom. The van der Waals surface area contributed by atoms with E-state index in [0.29, 0.717) is 26.2 Å². The third kappa shape index (κ3) is 5.50. The molecule has 2 amide bonds. The number of benzene rings is 1. The van der Waals surface area contributed by atoms with E-state index in [9.17, 15) is 27.9 Å². The van der Waals surface area contributed by atoms with Crippen molar-refractivity contribution in [3.05, 3.63) is 35.4 Å². The Hall–Kier alpha value is -2.17. The molecule has 3 rings (SSSR count). The highest BCUT2D eigenvalue weighted by Gasteiger charge is 2.38. The lowest BCUT2D eigenvalue weighted by atomic mass is 10.1.